The van der Waals surface area contributed by atoms with Crippen molar-refractivity contribution in [1.29, 1.82) is 0 Å². The van der Waals surface area contributed by atoms with E-state index in [0.717, 1.165) is 6.42 Å². The molecule has 0 aliphatic rings. The fourth-order valence-electron chi connectivity index (χ4n) is 4.67. The van der Waals surface area contributed by atoms with Gasteiger partial charge in [-0.25, -0.2) is 56.2 Å². The largest absolute Gasteiger partial charge is 0.466 e. The van der Waals surface area contributed by atoms with Gasteiger partial charge in [-0.1, -0.05) is 13.3 Å². The highest BCUT2D eigenvalue weighted by Gasteiger charge is 2.23. The highest BCUT2D eigenvalue weighted by molar-refractivity contribution is 5.70. The molecule has 0 amide bonds. The summed E-state index contributed by atoms with van der Waals surface area (Å²) in [5.41, 5.74) is -8.94. The number of esters is 3. The number of nitrogens with zero attached hydrogens (tertiary/aromatic N) is 6. The zero-order chi connectivity index (χ0) is 38.7. The van der Waals surface area contributed by atoms with Crippen LogP contribution in [0.15, 0.2) is 28.8 Å². The molecular formula is C31H48N6O14. The van der Waals surface area contributed by atoms with Crippen molar-refractivity contribution < 1.29 is 38.8 Å². The van der Waals surface area contributed by atoms with Crippen LogP contribution in [0, 0.1) is 0 Å². The van der Waals surface area contributed by atoms with Crippen molar-refractivity contribution in [3.05, 3.63) is 62.9 Å². The molecule has 2 N–H and O–H groups in total. The number of hydrogen-bond donors (Lipinski definition) is 2. The highest BCUT2D eigenvalue weighted by atomic mass is 16.6. The second-order valence-electron chi connectivity index (χ2n) is 13.2. The smallest absolute Gasteiger partial charge is 0.336 e. The number of carbonyl (C=O) groups is 3. The molecule has 51 heavy (non-hydrogen) atoms. The first-order valence-electron chi connectivity index (χ1n) is 16.5. The number of aliphatic hydroxyl groups is 2. The Kier molecular flexibility index (Phi) is 15.3. The molecule has 0 spiro atoms. The first-order chi connectivity index (χ1) is 23.7. The molecule has 0 unspecified atom stereocenters. The minimum absolute atomic E-state index is 0.143. The van der Waals surface area contributed by atoms with Crippen LogP contribution in [0.25, 0.3) is 0 Å². The van der Waals surface area contributed by atoms with E-state index >= 15 is 0 Å². The van der Waals surface area contributed by atoms with Crippen molar-refractivity contribution in [2.45, 2.75) is 124 Å². The molecule has 2 rings (SSSR count). The molecular weight excluding hydrogens is 680 g/mol. The summed E-state index contributed by atoms with van der Waals surface area (Å²) in [6.45, 7) is 5.43. The minimum atomic E-state index is -1.53. The van der Waals surface area contributed by atoms with Gasteiger partial charge in [0.05, 0.1) is 57.7 Å². The number of aromatic nitrogens is 6. The van der Waals surface area contributed by atoms with Gasteiger partial charge in [-0.05, 0) is 41.0 Å². The third-order valence-electron chi connectivity index (χ3n) is 7.02. The Hall–Kier alpha value is -4.85. The van der Waals surface area contributed by atoms with Gasteiger partial charge in [-0.3, -0.25) is 14.4 Å². The first-order valence-corrected chi connectivity index (χ1v) is 16.5. The number of carbonyl (C=O) groups excluding carboxylic acids is 3. The van der Waals surface area contributed by atoms with Crippen molar-refractivity contribution in [3.63, 3.8) is 0 Å². The highest BCUT2D eigenvalue weighted by Crippen LogP contribution is 2.08. The van der Waals surface area contributed by atoms with Gasteiger partial charge in [0.15, 0.2) is 0 Å². The molecule has 0 saturated carbocycles. The van der Waals surface area contributed by atoms with Gasteiger partial charge in [0.25, 0.3) is 0 Å². The normalized spacial score (nSPS) is 11.8. The van der Waals surface area contributed by atoms with Crippen LogP contribution in [0.4, 0.5) is 0 Å². The van der Waals surface area contributed by atoms with Gasteiger partial charge < -0.3 is 24.4 Å². The summed E-state index contributed by atoms with van der Waals surface area (Å²) in [5, 5.41) is 19.5. The summed E-state index contributed by atoms with van der Waals surface area (Å²) in [6.07, 6.45) is -0.0116. The van der Waals surface area contributed by atoms with Crippen molar-refractivity contribution in [3.8, 4) is 0 Å². The lowest BCUT2D eigenvalue weighted by Gasteiger charge is -2.20. The molecule has 0 atom stereocenters. The van der Waals surface area contributed by atoms with Crippen molar-refractivity contribution in [1.82, 2.24) is 27.4 Å². The molecule has 2 aromatic heterocycles. The van der Waals surface area contributed by atoms with Gasteiger partial charge in [0, 0.05) is 19.6 Å². The summed E-state index contributed by atoms with van der Waals surface area (Å²) < 4.78 is 19.0. The van der Waals surface area contributed by atoms with Gasteiger partial charge in [0.2, 0.25) is 0 Å². The van der Waals surface area contributed by atoms with Crippen molar-refractivity contribution in [2.75, 3.05) is 19.8 Å². The zero-order valence-electron chi connectivity index (χ0n) is 29.9. The molecule has 0 aliphatic heterocycles. The molecule has 0 aliphatic carbocycles. The molecule has 2 aromatic rings. The Balaban J connectivity index is 2.32. The lowest BCUT2D eigenvalue weighted by molar-refractivity contribution is -0.155. The van der Waals surface area contributed by atoms with Crippen LogP contribution >= 0.6 is 0 Å². The van der Waals surface area contributed by atoms with Gasteiger partial charge in [-0.2, -0.15) is 0 Å². The Morgan fingerprint density at radius 2 is 0.941 bits per heavy atom. The van der Waals surface area contributed by atoms with Gasteiger partial charge in [0.1, 0.15) is 12.2 Å². The van der Waals surface area contributed by atoms with E-state index in [4.69, 9.17) is 14.2 Å². The first kappa shape index (κ1) is 42.3. The zero-order valence-corrected chi connectivity index (χ0v) is 29.9. The number of rotatable bonds is 19. The molecule has 2 heterocycles. The predicted octanol–water partition coefficient (Wildman–Crippen LogP) is -2.48. The van der Waals surface area contributed by atoms with Gasteiger partial charge >= 0.3 is 52.0 Å². The SMILES string of the molecule is CCCCOC(=O)CCn1c(=O)n(CCC(=O)OCCn2c(=O)n(CCO)c(=O)n(CC(C)(C)O)c2=O)c(=O)n(CCC(=O)OC(C)(C)C)c1=O. The average molecular weight is 729 g/mol. The van der Waals surface area contributed by atoms with Crippen LogP contribution in [-0.2, 0) is 67.9 Å². The summed E-state index contributed by atoms with van der Waals surface area (Å²) in [5.74, 6) is -2.39. The number of unbranched alkanes of at least 4 members (excludes halogenated alkanes) is 1. The summed E-state index contributed by atoms with van der Waals surface area (Å²) in [6, 6.07) is 0. The fraction of sp³-hybridized carbons (Fsp3) is 0.710. The molecule has 20 nitrogen and oxygen atoms in total. The third-order valence-corrected chi connectivity index (χ3v) is 7.02. The molecule has 0 saturated heterocycles. The maximum absolute atomic E-state index is 13.3. The monoisotopic (exact) mass is 728 g/mol. The maximum atomic E-state index is 13.3. The summed E-state index contributed by atoms with van der Waals surface area (Å²) in [7, 11) is 0. The Morgan fingerprint density at radius 3 is 1.33 bits per heavy atom. The lowest BCUT2D eigenvalue weighted by Crippen LogP contribution is -2.56. The average Bonchev–Trinajstić information content (AvgIpc) is 3.01. The maximum Gasteiger partial charge on any atom is 0.336 e. The van der Waals surface area contributed by atoms with Crippen LogP contribution in [0.1, 0.15) is 73.6 Å². The van der Waals surface area contributed by atoms with Gasteiger partial charge in [-0.15, -0.1) is 0 Å². The van der Waals surface area contributed by atoms with E-state index in [1.165, 1.54) is 13.8 Å². The van der Waals surface area contributed by atoms with E-state index < -0.39 is 129 Å². The molecule has 0 bridgehead atoms. The standard InChI is InChI=1S/C31H48N6O14/c1-7-8-18-49-21(39)9-12-32-24(42)33(26(44)34(25(32)43)14-11-23(41)51-30(2,3)4)13-10-22(40)50-19-16-36-27(45)35(15-17-38)28(46)37(29(36)47)20-31(5,6)48/h38,48H,7-20H2,1-6H3. The molecule has 0 fully saturated rings. The molecule has 0 radical (unpaired) electrons. The van der Waals surface area contributed by atoms with Crippen molar-refractivity contribution >= 4 is 17.9 Å². The van der Waals surface area contributed by atoms with Crippen LogP contribution in [0.3, 0.4) is 0 Å². The Bertz CT molecular complexity index is 1910. The van der Waals surface area contributed by atoms with Crippen LogP contribution in [0.2, 0.25) is 0 Å². The van der Waals surface area contributed by atoms with Crippen LogP contribution in [-0.4, -0.2) is 86.5 Å². The molecule has 0 aromatic carbocycles. The van der Waals surface area contributed by atoms with E-state index in [9.17, 15) is 53.4 Å². The predicted molar refractivity (Wildman–Crippen MR) is 178 cm³/mol. The minimum Gasteiger partial charge on any atom is -0.466 e. The quantitative estimate of drug-likeness (QED) is 0.0864. The number of hydrogen-bond acceptors (Lipinski definition) is 14. The number of ether oxygens (including phenoxy) is 3. The lowest BCUT2D eigenvalue weighted by atomic mass is 10.1. The van der Waals surface area contributed by atoms with E-state index in [2.05, 4.69) is 0 Å². The summed E-state index contributed by atoms with van der Waals surface area (Å²) in [4.78, 5) is 115. The second kappa shape index (κ2) is 18.4. The molecule has 286 valence electrons. The van der Waals surface area contributed by atoms with Crippen molar-refractivity contribution in [2.24, 2.45) is 0 Å². The fourth-order valence-corrected chi connectivity index (χ4v) is 4.67. The Morgan fingerprint density at radius 1 is 0.569 bits per heavy atom. The van der Waals surface area contributed by atoms with E-state index in [1.807, 2.05) is 6.92 Å². The summed E-state index contributed by atoms with van der Waals surface area (Å²) >= 11 is 0. The molecule has 20 heteroatoms. The van der Waals surface area contributed by atoms with E-state index in [0.29, 0.717) is 33.8 Å². The van der Waals surface area contributed by atoms with E-state index in [-0.39, 0.29) is 13.0 Å². The second-order valence-corrected chi connectivity index (χ2v) is 13.2. The Labute approximate surface area is 291 Å². The third kappa shape index (κ3) is 12.5. The number of aliphatic hydroxyl groups excluding tert-OH is 1. The topological polar surface area (TPSA) is 251 Å². The van der Waals surface area contributed by atoms with E-state index in [1.54, 1.807) is 20.8 Å². The van der Waals surface area contributed by atoms with Crippen LogP contribution < -0.4 is 34.1 Å². The van der Waals surface area contributed by atoms with Crippen LogP contribution in [0.5, 0.6) is 0 Å².